The molecule has 0 radical (unpaired) electrons. The summed E-state index contributed by atoms with van der Waals surface area (Å²) in [5, 5.41) is 18.2. The molecule has 0 aromatic rings. The number of ether oxygens (including phenoxy) is 2. The molecular weight excluding hydrogens is 647 g/mol. The van der Waals surface area contributed by atoms with Crippen LogP contribution in [0.5, 0.6) is 0 Å². The summed E-state index contributed by atoms with van der Waals surface area (Å²) in [6, 6.07) is 0. The van der Waals surface area contributed by atoms with Gasteiger partial charge in [-0.15, -0.1) is 0 Å². The van der Waals surface area contributed by atoms with E-state index < -0.39 is 51.8 Å². The van der Waals surface area contributed by atoms with Crippen molar-refractivity contribution in [2.24, 2.45) is 0 Å². The van der Waals surface area contributed by atoms with Crippen molar-refractivity contribution < 1.29 is 47.8 Å². The van der Waals surface area contributed by atoms with E-state index in [1.807, 2.05) is 0 Å². The largest absolute Gasteiger partial charge is 0.756 e. The monoisotopic (exact) mass is 719 g/mol. The van der Waals surface area contributed by atoms with Crippen LogP contribution in [-0.2, 0) is 32.7 Å². The molecule has 290 valence electrons. The molecule has 10 nitrogen and oxygen atoms in total. The lowest BCUT2D eigenvalue weighted by atomic mass is 10.0. The van der Waals surface area contributed by atoms with Gasteiger partial charge in [0.2, 0.25) is 0 Å². The second-order valence-corrected chi connectivity index (χ2v) is 14.7. The summed E-state index contributed by atoms with van der Waals surface area (Å²) in [4.78, 5) is 37.0. The lowest BCUT2D eigenvalue weighted by Crippen LogP contribution is -2.30. The maximum Gasteiger partial charge on any atom is 0.306 e. The Morgan fingerprint density at radius 1 is 0.612 bits per heavy atom. The van der Waals surface area contributed by atoms with Crippen LogP contribution in [0.4, 0.5) is 0 Å². The predicted octanol–water partition coefficient (Wildman–Crippen LogP) is 9.03. The van der Waals surface area contributed by atoms with Crippen molar-refractivity contribution in [3.05, 3.63) is 12.2 Å². The van der Waals surface area contributed by atoms with E-state index in [9.17, 15) is 24.2 Å². The number of esters is 2. The van der Waals surface area contributed by atoms with E-state index in [2.05, 4.69) is 30.5 Å². The number of aliphatic hydroxyl groups is 2. The number of unbranched alkanes of at least 4 members (excludes halogenated alkanes) is 21. The number of allylic oxidation sites excluding steroid dienone is 2. The maximum absolute atomic E-state index is 12.5. The van der Waals surface area contributed by atoms with E-state index in [4.69, 9.17) is 19.1 Å². The Morgan fingerprint density at radius 3 is 1.51 bits per heavy atom. The number of hydrogen-bond acceptors (Lipinski definition) is 10. The number of rotatable bonds is 37. The van der Waals surface area contributed by atoms with E-state index in [0.29, 0.717) is 12.8 Å². The average Bonchev–Trinajstić information content (AvgIpc) is 3.09. The lowest BCUT2D eigenvalue weighted by molar-refractivity contribution is -0.230. The summed E-state index contributed by atoms with van der Waals surface area (Å²) < 4.78 is 32.2. The minimum Gasteiger partial charge on any atom is -0.756 e. The first-order chi connectivity index (χ1) is 23.7. The van der Waals surface area contributed by atoms with Crippen molar-refractivity contribution in [2.45, 2.75) is 193 Å². The molecule has 0 aromatic carbocycles. The number of aliphatic hydroxyl groups excluding tert-OH is 2. The van der Waals surface area contributed by atoms with E-state index in [1.54, 1.807) is 0 Å². The predicted molar refractivity (Wildman–Crippen MR) is 194 cm³/mol. The topological polar surface area (TPSA) is 152 Å². The van der Waals surface area contributed by atoms with Gasteiger partial charge in [0, 0.05) is 12.8 Å². The molecule has 2 N–H and O–H groups in total. The van der Waals surface area contributed by atoms with Gasteiger partial charge in [-0.25, -0.2) is 0 Å². The van der Waals surface area contributed by atoms with Crippen LogP contribution in [0, 0.1) is 0 Å². The van der Waals surface area contributed by atoms with Gasteiger partial charge in [0.05, 0.1) is 19.8 Å². The van der Waals surface area contributed by atoms with Gasteiger partial charge < -0.3 is 33.6 Å². The van der Waals surface area contributed by atoms with Gasteiger partial charge in [-0.1, -0.05) is 142 Å². The number of phosphoric ester groups is 1. The minimum absolute atomic E-state index is 0.162. The van der Waals surface area contributed by atoms with Gasteiger partial charge in [-0.2, -0.15) is 0 Å². The Labute approximate surface area is 298 Å². The molecule has 0 bridgehead atoms. The summed E-state index contributed by atoms with van der Waals surface area (Å²) in [7, 11) is -4.86. The summed E-state index contributed by atoms with van der Waals surface area (Å²) >= 11 is 0. The normalized spacial score (nSPS) is 14.1. The van der Waals surface area contributed by atoms with Crippen molar-refractivity contribution in [2.75, 3.05) is 26.4 Å². The molecular formula is C38H72O10P-. The Balaban J connectivity index is 4.35. The van der Waals surface area contributed by atoms with Crippen LogP contribution in [-0.4, -0.2) is 60.8 Å². The van der Waals surface area contributed by atoms with Crippen molar-refractivity contribution in [3.8, 4) is 0 Å². The summed E-state index contributed by atoms with van der Waals surface area (Å²) in [6.45, 7) is 2.17. The van der Waals surface area contributed by atoms with Crippen molar-refractivity contribution >= 4 is 19.8 Å². The van der Waals surface area contributed by atoms with E-state index >= 15 is 0 Å². The number of phosphoric acid groups is 1. The first kappa shape index (κ1) is 47.7. The molecule has 3 atom stereocenters. The third-order valence-corrected chi connectivity index (χ3v) is 9.34. The van der Waals surface area contributed by atoms with E-state index in [1.165, 1.54) is 83.5 Å². The highest BCUT2D eigenvalue weighted by Gasteiger charge is 2.21. The van der Waals surface area contributed by atoms with Gasteiger partial charge in [0.25, 0.3) is 7.82 Å². The molecule has 0 fully saturated rings. The highest BCUT2D eigenvalue weighted by Crippen LogP contribution is 2.38. The first-order valence-electron chi connectivity index (χ1n) is 19.6. The molecule has 0 aliphatic heterocycles. The molecule has 0 aromatic heterocycles. The highest BCUT2D eigenvalue weighted by atomic mass is 31.2. The Morgan fingerprint density at radius 2 is 1.02 bits per heavy atom. The molecule has 0 rings (SSSR count). The summed E-state index contributed by atoms with van der Waals surface area (Å²) in [5.74, 6) is -0.965. The van der Waals surface area contributed by atoms with Crippen LogP contribution in [0.15, 0.2) is 12.2 Å². The fourth-order valence-corrected chi connectivity index (χ4v) is 6.11. The Hall–Kier alpha value is -1.29. The lowest BCUT2D eigenvalue weighted by Gasteiger charge is -2.26. The van der Waals surface area contributed by atoms with Crippen LogP contribution < -0.4 is 4.89 Å². The zero-order valence-electron chi connectivity index (χ0n) is 31.1. The highest BCUT2D eigenvalue weighted by molar-refractivity contribution is 7.45. The molecule has 0 aliphatic rings. The SMILES string of the molecule is CCCCCC/C=C\CCCCCCCC(=O)O[C@H](COC(=O)CCCCCCCCCCCCCCC)COP(=O)([O-])OC[C@@H](O)CO. The fraction of sp³-hybridized carbons (Fsp3) is 0.895. The van der Waals surface area contributed by atoms with Crippen LogP contribution in [0.2, 0.25) is 0 Å². The summed E-state index contributed by atoms with van der Waals surface area (Å²) in [5.41, 5.74) is 0. The van der Waals surface area contributed by atoms with Crippen LogP contribution in [0.3, 0.4) is 0 Å². The molecule has 1 unspecified atom stereocenters. The van der Waals surface area contributed by atoms with E-state index in [0.717, 1.165) is 57.8 Å². The van der Waals surface area contributed by atoms with Crippen molar-refractivity contribution in [1.82, 2.24) is 0 Å². The number of carbonyl (C=O) groups excluding carboxylic acids is 2. The third-order valence-electron chi connectivity index (χ3n) is 8.41. The fourth-order valence-electron chi connectivity index (χ4n) is 5.33. The molecule has 0 saturated heterocycles. The Bertz CT molecular complexity index is 837. The van der Waals surface area contributed by atoms with Gasteiger partial charge in [0.15, 0.2) is 6.10 Å². The maximum atomic E-state index is 12.5. The second-order valence-electron chi connectivity index (χ2n) is 13.3. The standard InChI is InChI=1S/C38H73O10P/c1-3-5-7-9-11-13-15-17-19-21-23-25-27-29-37(41)45-33-36(34-47-49(43,44)46-32-35(40)31-39)48-38(42)30-28-26-24-22-20-18-16-14-12-10-8-6-4-2/h14,16,35-36,39-40H,3-13,15,17-34H2,1-2H3,(H,43,44)/p-1/b16-14-/t35-,36+/m0/s1. The first-order valence-corrected chi connectivity index (χ1v) is 21.1. The molecule has 0 amide bonds. The van der Waals surface area contributed by atoms with Crippen LogP contribution in [0.1, 0.15) is 181 Å². The van der Waals surface area contributed by atoms with Gasteiger partial charge >= 0.3 is 11.9 Å². The molecule has 49 heavy (non-hydrogen) atoms. The van der Waals surface area contributed by atoms with Gasteiger partial charge in [-0.05, 0) is 38.5 Å². The van der Waals surface area contributed by atoms with Gasteiger partial charge in [0.1, 0.15) is 12.7 Å². The summed E-state index contributed by atoms with van der Waals surface area (Å²) in [6.07, 6.45) is 30.1. The molecule has 0 heterocycles. The smallest absolute Gasteiger partial charge is 0.306 e. The second kappa shape index (κ2) is 35.1. The molecule has 11 heteroatoms. The number of hydrogen-bond donors (Lipinski definition) is 2. The van der Waals surface area contributed by atoms with Crippen LogP contribution >= 0.6 is 7.82 Å². The number of carbonyl (C=O) groups is 2. The van der Waals surface area contributed by atoms with Crippen molar-refractivity contribution in [3.63, 3.8) is 0 Å². The minimum atomic E-state index is -4.86. The van der Waals surface area contributed by atoms with Crippen LogP contribution in [0.25, 0.3) is 0 Å². The van der Waals surface area contributed by atoms with E-state index in [-0.39, 0.29) is 19.4 Å². The van der Waals surface area contributed by atoms with Gasteiger partial charge in [-0.3, -0.25) is 14.2 Å². The third kappa shape index (κ3) is 34.9. The van der Waals surface area contributed by atoms with Crippen molar-refractivity contribution in [1.29, 1.82) is 0 Å². The molecule has 0 saturated carbocycles. The average molecular weight is 720 g/mol. The quantitative estimate of drug-likeness (QED) is 0.0275. The zero-order valence-corrected chi connectivity index (χ0v) is 32.0. The zero-order chi connectivity index (χ0) is 36.3. The molecule has 0 spiro atoms. The molecule has 0 aliphatic carbocycles. The Kier molecular flexibility index (Phi) is 34.2.